The molecule has 1 saturated heterocycles. The van der Waals surface area contributed by atoms with Crippen LogP contribution < -0.4 is 4.90 Å². The van der Waals surface area contributed by atoms with E-state index in [9.17, 15) is 4.79 Å². The molecule has 4 aromatic rings. The fourth-order valence-corrected chi connectivity index (χ4v) is 4.36. The van der Waals surface area contributed by atoms with Gasteiger partial charge in [0.15, 0.2) is 0 Å². The fourth-order valence-electron chi connectivity index (χ4n) is 4.12. The van der Waals surface area contributed by atoms with E-state index in [1.54, 1.807) is 4.90 Å². The van der Waals surface area contributed by atoms with E-state index in [-0.39, 0.29) is 11.8 Å². The molecule has 1 fully saturated rings. The van der Waals surface area contributed by atoms with Gasteiger partial charge in [0.1, 0.15) is 5.82 Å². The Morgan fingerprint density at radius 2 is 1.66 bits per heavy atom. The quantitative estimate of drug-likeness (QED) is 0.468. The van der Waals surface area contributed by atoms with Crippen molar-refractivity contribution in [3.05, 3.63) is 95.3 Å². The average molecular weight is 402 g/mol. The monoisotopic (exact) mass is 401 g/mol. The van der Waals surface area contributed by atoms with E-state index in [1.165, 1.54) is 5.56 Å². The number of fused-ring (bicyclic) bond motifs is 1. The predicted molar refractivity (Wildman–Crippen MR) is 116 cm³/mol. The van der Waals surface area contributed by atoms with Crippen molar-refractivity contribution < 1.29 is 4.79 Å². The third kappa shape index (κ3) is 3.30. The molecule has 0 N–H and O–H groups in total. The van der Waals surface area contributed by atoms with Crippen LogP contribution in [0.2, 0.25) is 5.02 Å². The second-order valence-electron chi connectivity index (χ2n) is 7.39. The van der Waals surface area contributed by atoms with Crippen molar-refractivity contribution in [3.63, 3.8) is 0 Å². The SMILES string of the molecule is O=C1C[C@@H](c2nc3ccccc3n2Cc2ccccc2)CN1c1ccccc1Cl. The molecule has 0 unspecified atom stereocenters. The molecular weight excluding hydrogens is 382 g/mol. The topological polar surface area (TPSA) is 38.1 Å². The zero-order valence-corrected chi connectivity index (χ0v) is 16.6. The zero-order chi connectivity index (χ0) is 19.8. The lowest BCUT2D eigenvalue weighted by atomic mass is 10.1. The second kappa shape index (κ2) is 7.37. The van der Waals surface area contributed by atoms with Crippen LogP contribution in [0.5, 0.6) is 0 Å². The van der Waals surface area contributed by atoms with Gasteiger partial charge in [0, 0.05) is 25.4 Å². The number of rotatable bonds is 4. The van der Waals surface area contributed by atoms with E-state index in [0.717, 1.165) is 29.1 Å². The summed E-state index contributed by atoms with van der Waals surface area (Å²) >= 11 is 6.35. The van der Waals surface area contributed by atoms with Crippen molar-refractivity contribution in [1.29, 1.82) is 0 Å². The molecule has 1 amide bonds. The molecule has 29 heavy (non-hydrogen) atoms. The van der Waals surface area contributed by atoms with Crippen molar-refractivity contribution >= 4 is 34.2 Å². The van der Waals surface area contributed by atoms with E-state index in [1.807, 2.05) is 60.7 Å². The van der Waals surface area contributed by atoms with Gasteiger partial charge in [0.2, 0.25) is 5.91 Å². The number of anilines is 1. The summed E-state index contributed by atoms with van der Waals surface area (Å²) in [6.07, 6.45) is 0.434. The molecule has 0 aliphatic carbocycles. The molecule has 1 aliphatic heterocycles. The summed E-state index contributed by atoms with van der Waals surface area (Å²) in [5.74, 6) is 1.06. The normalized spacial score (nSPS) is 16.7. The molecule has 1 aliphatic rings. The molecular formula is C24H20ClN3O. The second-order valence-corrected chi connectivity index (χ2v) is 7.79. The van der Waals surface area contributed by atoms with Gasteiger partial charge < -0.3 is 9.47 Å². The number of carbonyl (C=O) groups is 1. The van der Waals surface area contributed by atoms with Crippen LogP contribution in [0, 0.1) is 0 Å². The highest BCUT2D eigenvalue weighted by atomic mass is 35.5. The molecule has 4 nitrogen and oxygen atoms in total. The van der Waals surface area contributed by atoms with Crippen LogP contribution in [0.25, 0.3) is 11.0 Å². The fraction of sp³-hybridized carbons (Fsp3) is 0.167. The highest BCUT2D eigenvalue weighted by Gasteiger charge is 2.35. The van der Waals surface area contributed by atoms with Gasteiger partial charge in [0.25, 0.3) is 0 Å². The Balaban J connectivity index is 1.54. The number of hydrogen-bond acceptors (Lipinski definition) is 2. The predicted octanol–water partition coefficient (Wildman–Crippen LogP) is 5.26. The van der Waals surface area contributed by atoms with Crippen molar-refractivity contribution in [1.82, 2.24) is 9.55 Å². The smallest absolute Gasteiger partial charge is 0.227 e. The van der Waals surface area contributed by atoms with Gasteiger partial charge in [-0.25, -0.2) is 4.98 Å². The Bertz CT molecular complexity index is 1190. The number of imidazole rings is 1. The van der Waals surface area contributed by atoms with Crippen LogP contribution >= 0.6 is 11.6 Å². The molecule has 0 bridgehead atoms. The first kappa shape index (κ1) is 18.0. The van der Waals surface area contributed by atoms with Crippen LogP contribution in [0.1, 0.15) is 23.7 Å². The molecule has 2 heterocycles. The van der Waals surface area contributed by atoms with E-state index >= 15 is 0 Å². The summed E-state index contributed by atoms with van der Waals surface area (Å²) in [5, 5.41) is 0.597. The largest absolute Gasteiger partial charge is 0.323 e. The summed E-state index contributed by atoms with van der Waals surface area (Å²) in [5.41, 5.74) is 4.04. The Kier molecular flexibility index (Phi) is 4.57. The van der Waals surface area contributed by atoms with Gasteiger partial charge in [0.05, 0.1) is 21.7 Å². The summed E-state index contributed by atoms with van der Waals surface area (Å²) in [4.78, 5) is 19.5. The van der Waals surface area contributed by atoms with Crippen LogP contribution in [0.15, 0.2) is 78.9 Å². The molecule has 5 heteroatoms. The number of amides is 1. The molecule has 1 aromatic heterocycles. The first-order valence-corrected chi connectivity index (χ1v) is 10.1. The number of nitrogens with zero attached hydrogens (tertiary/aromatic N) is 3. The van der Waals surface area contributed by atoms with Crippen LogP contribution in [-0.2, 0) is 11.3 Å². The lowest BCUT2D eigenvalue weighted by Gasteiger charge is -2.18. The standard InChI is InChI=1S/C24H20ClN3O/c25-19-10-4-6-12-21(19)27-16-18(14-23(27)29)24-26-20-11-5-7-13-22(20)28(24)15-17-8-2-1-3-9-17/h1-13,18H,14-16H2/t18-/m1/s1. The first-order valence-electron chi connectivity index (χ1n) is 9.74. The zero-order valence-electron chi connectivity index (χ0n) is 15.8. The van der Waals surface area contributed by atoms with Gasteiger partial charge in [-0.1, -0.05) is 66.2 Å². The minimum atomic E-state index is 0.0230. The van der Waals surface area contributed by atoms with Gasteiger partial charge in [-0.05, 0) is 29.8 Å². The van der Waals surface area contributed by atoms with Crippen molar-refractivity contribution in [2.24, 2.45) is 0 Å². The molecule has 144 valence electrons. The van der Waals surface area contributed by atoms with E-state index in [4.69, 9.17) is 16.6 Å². The van der Waals surface area contributed by atoms with Gasteiger partial charge in [-0.15, -0.1) is 0 Å². The summed E-state index contributed by atoms with van der Waals surface area (Å²) in [7, 11) is 0. The minimum Gasteiger partial charge on any atom is -0.323 e. The Morgan fingerprint density at radius 1 is 0.931 bits per heavy atom. The molecule has 0 saturated carbocycles. The lowest BCUT2D eigenvalue weighted by Crippen LogP contribution is -2.24. The van der Waals surface area contributed by atoms with Crippen LogP contribution in [0.3, 0.4) is 0 Å². The van der Waals surface area contributed by atoms with Gasteiger partial charge in [-0.2, -0.15) is 0 Å². The maximum atomic E-state index is 12.8. The van der Waals surface area contributed by atoms with Crippen molar-refractivity contribution in [2.45, 2.75) is 18.9 Å². The maximum Gasteiger partial charge on any atom is 0.227 e. The molecule has 1 atom stereocenters. The highest BCUT2D eigenvalue weighted by molar-refractivity contribution is 6.33. The Labute approximate surface area is 174 Å². The first-order chi connectivity index (χ1) is 14.2. The molecule has 3 aromatic carbocycles. The molecule has 0 spiro atoms. The van der Waals surface area contributed by atoms with E-state index in [2.05, 4.69) is 22.8 Å². The summed E-state index contributed by atoms with van der Waals surface area (Å²) < 4.78 is 2.25. The van der Waals surface area contributed by atoms with Crippen LogP contribution in [-0.4, -0.2) is 22.0 Å². The maximum absolute atomic E-state index is 12.8. The number of para-hydroxylation sites is 3. The minimum absolute atomic E-state index is 0.0230. The highest BCUT2D eigenvalue weighted by Crippen LogP contribution is 2.36. The lowest BCUT2D eigenvalue weighted by molar-refractivity contribution is -0.117. The molecule has 0 radical (unpaired) electrons. The Hall–Kier alpha value is -3.11. The van der Waals surface area contributed by atoms with E-state index < -0.39 is 0 Å². The number of halogens is 1. The number of carbonyl (C=O) groups excluding carboxylic acids is 1. The number of benzene rings is 3. The van der Waals surface area contributed by atoms with Crippen LogP contribution in [0.4, 0.5) is 5.69 Å². The van der Waals surface area contributed by atoms with Gasteiger partial charge >= 0.3 is 0 Å². The van der Waals surface area contributed by atoms with Gasteiger partial charge in [-0.3, -0.25) is 4.79 Å². The summed E-state index contributed by atoms with van der Waals surface area (Å²) in [6.45, 7) is 1.31. The van der Waals surface area contributed by atoms with E-state index in [0.29, 0.717) is 18.0 Å². The number of aromatic nitrogens is 2. The Morgan fingerprint density at radius 3 is 2.48 bits per heavy atom. The van der Waals surface area contributed by atoms with Crippen molar-refractivity contribution in [2.75, 3.05) is 11.4 Å². The third-order valence-electron chi connectivity index (χ3n) is 5.50. The molecule has 5 rings (SSSR count). The summed E-state index contributed by atoms with van der Waals surface area (Å²) in [6, 6.07) is 26.0. The number of hydrogen-bond donors (Lipinski definition) is 0. The van der Waals surface area contributed by atoms with Crippen molar-refractivity contribution in [3.8, 4) is 0 Å². The third-order valence-corrected chi connectivity index (χ3v) is 5.82. The average Bonchev–Trinajstić information content (AvgIpc) is 3.30.